The number of nitrogens with two attached hydrogens (primary N) is 1. The number of anilines is 4. The summed E-state index contributed by atoms with van der Waals surface area (Å²) in [4.78, 5) is 23.7. The van der Waals surface area contributed by atoms with Crippen LogP contribution in [-0.2, 0) is 0 Å². The summed E-state index contributed by atoms with van der Waals surface area (Å²) in [6, 6.07) is 9.09. The Hall–Kier alpha value is -2.94. The van der Waals surface area contributed by atoms with Crippen molar-refractivity contribution >= 4 is 29.0 Å². The molecule has 3 fully saturated rings. The zero-order valence-electron chi connectivity index (χ0n) is 19.2. The van der Waals surface area contributed by atoms with Crippen molar-refractivity contribution in [3.63, 3.8) is 0 Å². The first kappa shape index (κ1) is 21.9. The second-order valence-electron chi connectivity index (χ2n) is 9.35. The summed E-state index contributed by atoms with van der Waals surface area (Å²) < 4.78 is 0. The van der Waals surface area contributed by atoms with E-state index in [1.807, 2.05) is 12.1 Å². The van der Waals surface area contributed by atoms with E-state index in [2.05, 4.69) is 47.3 Å². The van der Waals surface area contributed by atoms with E-state index in [-0.39, 0.29) is 5.69 Å². The van der Waals surface area contributed by atoms with Gasteiger partial charge in [-0.05, 0) is 56.4 Å². The maximum atomic E-state index is 11.9. The van der Waals surface area contributed by atoms with Gasteiger partial charge in [0, 0.05) is 56.7 Å². The van der Waals surface area contributed by atoms with Crippen molar-refractivity contribution in [3.8, 4) is 0 Å². The average molecular weight is 451 g/mol. The van der Waals surface area contributed by atoms with Crippen molar-refractivity contribution in [3.05, 3.63) is 30.0 Å². The van der Waals surface area contributed by atoms with E-state index in [0.717, 1.165) is 63.8 Å². The molecule has 0 bridgehead atoms. The van der Waals surface area contributed by atoms with Crippen molar-refractivity contribution in [1.82, 2.24) is 20.1 Å². The molecule has 1 aliphatic carbocycles. The van der Waals surface area contributed by atoms with Crippen LogP contribution in [0, 0.1) is 0 Å². The zero-order chi connectivity index (χ0) is 22.6. The first-order valence-electron chi connectivity index (χ1n) is 12.3. The van der Waals surface area contributed by atoms with E-state index in [0.29, 0.717) is 11.8 Å². The summed E-state index contributed by atoms with van der Waals surface area (Å²) in [5, 5.41) is 11.5. The number of nitrogens with zero attached hydrogens (tertiary/aromatic N) is 6. The van der Waals surface area contributed by atoms with Gasteiger partial charge in [-0.3, -0.25) is 9.69 Å². The van der Waals surface area contributed by atoms with Crippen molar-refractivity contribution in [2.75, 3.05) is 54.4 Å². The molecular formula is C24H34N8O. The highest BCUT2D eigenvalue weighted by Gasteiger charge is 2.26. The topological polar surface area (TPSA) is 104 Å². The van der Waals surface area contributed by atoms with Crippen LogP contribution in [0.1, 0.15) is 55.4 Å². The molecule has 0 atom stereocenters. The maximum absolute atomic E-state index is 11.9. The lowest BCUT2D eigenvalue weighted by atomic mass is 10.1. The van der Waals surface area contributed by atoms with Crippen molar-refractivity contribution < 1.29 is 4.79 Å². The van der Waals surface area contributed by atoms with Gasteiger partial charge in [0.1, 0.15) is 0 Å². The van der Waals surface area contributed by atoms with Crippen LogP contribution in [0.5, 0.6) is 0 Å². The predicted molar refractivity (Wildman–Crippen MR) is 130 cm³/mol. The number of piperidine rings is 1. The molecule has 0 radical (unpaired) electrons. The van der Waals surface area contributed by atoms with E-state index in [4.69, 9.17) is 5.73 Å². The number of amides is 1. The van der Waals surface area contributed by atoms with Gasteiger partial charge in [0.05, 0.1) is 0 Å². The minimum Gasteiger partial charge on any atom is -0.369 e. The molecule has 3 N–H and O–H groups in total. The number of primary amides is 1. The van der Waals surface area contributed by atoms with Crippen LogP contribution >= 0.6 is 0 Å². The quantitative estimate of drug-likeness (QED) is 0.692. The van der Waals surface area contributed by atoms with Crippen LogP contribution in [0.2, 0.25) is 0 Å². The molecule has 1 aromatic carbocycles. The van der Waals surface area contributed by atoms with E-state index in [9.17, 15) is 4.79 Å². The number of aromatic nitrogens is 3. The van der Waals surface area contributed by atoms with Crippen molar-refractivity contribution in [2.45, 2.75) is 51.0 Å². The summed E-state index contributed by atoms with van der Waals surface area (Å²) in [6.07, 6.45) is 8.95. The van der Waals surface area contributed by atoms with Crippen LogP contribution in [0.15, 0.2) is 24.3 Å². The molecule has 1 amide bonds. The minimum absolute atomic E-state index is 0.0582. The van der Waals surface area contributed by atoms with Gasteiger partial charge in [0.2, 0.25) is 5.95 Å². The van der Waals surface area contributed by atoms with Gasteiger partial charge in [-0.15, -0.1) is 10.2 Å². The molecule has 3 aliphatic rings. The summed E-state index contributed by atoms with van der Waals surface area (Å²) in [7, 11) is 0. The van der Waals surface area contributed by atoms with Crippen LogP contribution in [0.4, 0.5) is 23.1 Å². The first-order valence-corrected chi connectivity index (χ1v) is 12.3. The fraction of sp³-hybridized carbons (Fsp3) is 0.583. The van der Waals surface area contributed by atoms with Crippen molar-refractivity contribution in [2.24, 2.45) is 5.73 Å². The van der Waals surface area contributed by atoms with Gasteiger partial charge in [0.15, 0.2) is 11.5 Å². The molecule has 1 aromatic heterocycles. The highest BCUT2D eigenvalue weighted by Crippen LogP contribution is 2.27. The number of rotatable bonds is 6. The van der Waals surface area contributed by atoms with E-state index in [1.54, 1.807) is 0 Å². The molecule has 2 aliphatic heterocycles. The largest absolute Gasteiger partial charge is 0.369 e. The summed E-state index contributed by atoms with van der Waals surface area (Å²) in [5.41, 5.74) is 7.65. The second-order valence-corrected chi connectivity index (χ2v) is 9.35. The van der Waals surface area contributed by atoms with Crippen LogP contribution < -0.4 is 20.9 Å². The Balaban J connectivity index is 1.25. The van der Waals surface area contributed by atoms with Crippen LogP contribution in [0.3, 0.4) is 0 Å². The average Bonchev–Trinajstić information content (AvgIpc) is 3.40. The number of carbonyl (C=O) groups is 1. The molecule has 0 unspecified atom stereocenters. The summed E-state index contributed by atoms with van der Waals surface area (Å²) in [5.74, 6) is 0.259. The monoisotopic (exact) mass is 450 g/mol. The number of hydrogen-bond donors (Lipinski definition) is 2. The van der Waals surface area contributed by atoms with Gasteiger partial charge in [-0.2, -0.15) is 4.98 Å². The number of hydrogen-bond acceptors (Lipinski definition) is 8. The molecule has 176 valence electrons. The SMILES string of the molecule is NC(=O)c1nnc(N2CCCCC2)nc1Nc1ccc(N2CCN(C3CCCC3)CC2)cc1. The van der Waals surface area contributed by atoms with Gasteiger partial charge < -0.3 is 20.9 Å². The fourth-order valence-corrected chi connectivity index (χ4v) is 5.31. The molecule has 9 nitrogen and oxygen atoms in total. The minimum atomic E-state index is -0.639. The Morgan fingerprint density at radius 3 is 2.21 bits per heavy atom. The molecule has 9 heteroatoms. The van der Waals surface area contributed by atoms with E-state index in [1.165, 1.54) is 37.8 Å². The maximum Gasteiger partial charge on any atom is 0.273 e. The summed E-state index contributed by atoms with van der Waals surface area (Å²) >= 11 is 0. The first-order chi connectivity index (χ1) is 16.2. The highest BCUT2D eigenvalue weighted by molar-refractivity contribution is 5.96. The van der Waals surface area contributed by atoms with Gasteiger partial charge in [-0.1, -0.05) is 12.8 Å². The lowest BCUT2D eigenvalue weighted by Gasteiger charge is -2.39. The predicted octanol–water partition coefficient (Wildman–Crippen LogP) is 2.77. The van der Waals surface area contributed by atoms with Gasteiger partial charge in [-0.25, -0.2) is 0 Å². The second kappa shape index (κ2) is 9.91. The third kappa shape index (κ3) is 5.03. The number of nitrogens with one attached hydrogen (secondary N) is 1. The highest BCUT2D eigenvalue weighted by atomic mass is 16.1. The van der Waals surface area contributed by atoms with E-state index < -0.39 is 5.91 Å². The van der Waals surface area contributed by atoms with Gasteiger partial charge >= 0.3 is 0 Å². The van der Waals surface area contributed by atoms with Gasteiger partial charge in [0.25, 0.3) is 5.91 Å². The fourth-order valence-electron chi connectivity index (χ4n) is 5.31. The third-order valence-corrected chi connectivity index (χ3v) is 7.20. The van der Waals surface area contributed by atoms with E-state index >= 15 is 0 Å². The normalized spacial score (nSPS) is 20.2. The Morgan fingerprint density at radius 2 is 1.55 bits per heavy atom. The standard InChI is InChI=1S/C24H34N8O/c25-22(33)21-23(27-24(29-28-21)32-12-4-1-5-13-32)26-18-8-10-20(11-9-18)31-16-14-30(15-17-31)19-6-2-3-7-19/h8-11,19H,1-7,12-17H2,(H2,25,33)(H,26,27,29). The lowest BCUT2D eigenvalue weighted by Crippen LogP contribution is -2.49. The Morgan fingerprint density at radius 1 is 0.848 bits per heavy atom. The molecule has 0 spiro atoms. The Labute approximate surface area is 195 Å². The number of benzene rings is 1. The molecule has 5 rings (SSSR count). The smallest absolute Gasteiger partial charge is 0.273 e. The molecule has 2 aromatic rings. The third-order valence-electron chi connectivity index (χ3n) is 7.20. The zero-order valence-corrected chi connectivity index (χ0v) is 19.2. The molecule has 33 heavy (non-hydrogen) atoms. The molecule has 1 saturated carbocycles. The molecular weight excluding hydrogens is 416 g/mol. The molecule has 2 saturated heterocycles. The Kier molecular flexibility index (Phi) is 6.57. The Bertz CT molecular complexity index is 945. The van der Waals surface area contributed by atoms with Crippen molar-refractivity contribution in [1.29, 1.82) is 0 Å². The number of piperazine rings is 1. The van der Waals surface area contributed by atoms with Crippen LogP contribution in [0.25, 0.3) is 0 Å². The summed E-state index contributed by atoms with van der Waals surface area (Å²) in [6.45, 7) is 6.20. The molecule has 3 heterocycles. The lowest BCUT2D eigenvalue weighted by molar-refractivity contribution is 0.0995. The van der Waals surface area contributed by atoms with Crippen LogP contribution in [-0.4, -0.2) is 71.3 Å². The number of carbonyl (C=O) groups excluding carboxylic acids is 1.